The molecule has 0 N–H and O–H groups in total. The molecule has 0 saturated carbocycles. The third-order valence-corrected chi connectivity index (χ3v) is 5.48. The van der Waals surface area contributed by atoms with Crippen LogP contribution in [0.3, 0.4) is 0 Å². The number of anilines is 2. The van der Waals surface area contributed by atoms with E-state index in [1.807, 2.05) is 38.4 Å². The lowest BCUT2D eigenvalue weighted by Gasteiger charge is -2.32. The molecule has 0 amide bonds. The highest BCUT2D eigenvalue weighted by Gasteiger charge is 2.20. The standard InChI is InChI=1S/C23H28N6O/c1-27(2)19-9-5-18(6-10-19)22-21(17-7-11-20(30-4)12-8-17)24-23(26-25-22)29-15-13-28(3)14-16-29/h5-12H,13-16H2,1-4H3. The number of hydrogen-bond acceptors (Lipinski definition) is 7. The molecule has 1 aliphatic rings. The van der Waals surface area contributed by atoms with Gasteiger partial charge in [0.05, 0.1) is 7.11 Å². The van der Waals surface area contributed by atoms with E-state index in [9.17, 15) is 0 Å². The summed E-state index contributed by atoms with van der Waals surface area (Å²) in [7, 11) is 7.87. The number of nitrogens with zero attached hydrogens (tertiary/aromatic N) is 6. The Kier molecular flexibility index (Phi) is 5.81. The molecular formula is C23H28N6O. The maximum absolute atomic E-state index is 5.32. The second kappa shape index (κ2) is 8.67. The second-order valence-corrected chi connectivity index (χ2v) is 7.77. The van der Waals surface area contributed by atoms with Gasteiger partial charge in [-0.25, -0.2) is 4.98 Å². The van der Waals surface area contributed by atoms with Crippen LogP contribution < -0.4 is 14.5 Å². The number of benzene rings is 2. The van der Waals surface area contributed by atoms with Crippen LogP contribution in [0.2, 0.25) is 0 Å². The fourth-order valence-corrected chi connectivity index (χ4v) is 3.52. The molecule has 4 rings (SSSR count). The molecule has 30 heavy (non-hydrogen) atoms. The molecule has 1 fully saturated rings. The summed E-state index contributed by atoms with van der Waals surface area (Å²) in [5.74, 6) is 1.50. The fourth-order valence-electron chi connectivity index (χ4n) is 3.52. The first-order chi connectivity index (χ1) is 14.5. The van der Waals surface area contributed by atoms with Crippen LogP contribution in [0.5, 0.6) is 5.75 Å². The van der Waals surface area contributed by atoms with E-state index in [1.54, 1.807) is 7.11 Å². The normalized spacial score (nSPS) is 14.6. The predicted octanol–water partition coefficient (Wildman–Crippen LogP) is 3.03. The van der Waals surface area contributed by atoms with Crippen LogP contribution in [0.15, 0.2) is 48.5 Å². The molecule has 0 spiro atoms. The first-order valence-corrected chi connectivity index (χ1v) is 10.2. The van der Waals surface area contributed by atoms with Crippen molar-refractivity contribution in [2.75, 3.05) is 64.2 Å². The van der Waals surface area contributed by atoms with Crippen LogP contribution in [-0.4, -0.2) is 74.5 Å². The molecule has 2 aromatic carbocycles. The van der Waals surface area contributed by atoms with Crippen LogP contribution >= 0.6 is 0 Å². The van der Waals surface area contributed by atoms with Crippen LogP contribution in [0.1, 0.15) is 0 Å². The molecule has 2 heterocycles. The van der Waals surface area contributed by atoms with Gasteiger partial charge in [0.1, 0.15) is 17.1 Å². The number of methoxy groups -OCH3 is 1. The summed E-state index contributed by atoms with van der Waals surface area (Å²) in [4.78, 5) is 11.6. The number of piperazine rings is 1. The summed E-state index contributed by atoms with van der Waals surface area (Å²) in [6, 6.07) is 16.3. The number of ether oxygens (including phenoxy) is 1. The number of likely N-dealkylation sites (N-methyl/N-ethyl adjacent to an activating group) is 1. The Balaban J connectivity index is 1.76. The summed E-state index contributed by atoms with van der Waals surface area (Å²) in [5, 5.41) is 9.12. The molecule has 7 heteroatoms. The topological polar surface area (TPSA) is 57.6 Å². The van der Waals surface area contributed by atoms with Gasteiger partial charge in [0.15, 0.2) is 0 Å². The smallest absolute Gasteiger partial charge is 0.246 e. The van der Waals surface area contributed by atoms with Crippen molar-refractivity contribution in [3.05, 3.63) is 48.5 Å². The summed E-state index contributed by atoms with van der Waals surface area (Å²) in [6.45, 7) is 3.79. The van der Waals surface area contributed by atoms with E-state index in [2.05, 4.69) is 56.2 Å². The Labute approximate surface area is 177 Å². The average Bonchev–Trinajstić information content (AvgIpc) is 2.79. The molecule has 1 saturated heterocycles. The van der Waals surface area contributed by atoms with Gasteiger partial charge in [-0.2, -0.15) is 0 Å². The first kappa shape index (κ1) is 20.1. The van der Waals surface area contributed by atoms with Crippen molar-refractivity contribution in [3.8, 4) is 28.3 Å². The van der Waals surface area contributed by atoms with E-state index in [4.69, 9.17) is 9.72 Å². The zero-order valence-electron chi connectivity index (χ0n) is 18.0. The van der Waals surface area contributed by atoms with E-state index >= 15 is 0 Å². The summed E-state index contributed by atoms with van der Waals surface area (Å²) in [6.07, 6.45) is 0. The van der Waals surface area contributed by atoms with Crippen LogP contribution in [0.25, 0.3) is 22.5 Å². The van der Waals surface area contributed by atoms with Crippen LogP contribution in [0.4, 0.5) is 11.6 Å². The Morgan fingerprint density at radius 1 is 0.800 bits per heavy atom. The maximum atomic E-state index is 5.32. The minimum absolute atomic E-state index is 0.683. The molecule has 3 aromatic rings. The number of aromatic nitrogens is 3. The molecule has 156 valence electrons. The third-order valence-electron chi connectivity index (χ3n) is 5.48. The van der Waals surface area contributed by atoms with Crippen molar-refractivity contribution in [2.24, 2.45) is 0 Å². The Morgan fingerprint density at radius 3 is 2.00 bits per heavy atom. The monoisotopic (exact) mass is 404 g/mol. The predicted molar refractivity (Wildman–Crippen MR) is 121 cm³/mol. The minimum atomic E-state index is 0.683. The van der Waals surface area contributed by atoms with E-state index < -0.39 is 0 Å². The van der Waals surface area contributed by atoms with Gasteiger partial charge < -0.3 is 19.4 Å². The SMILES string of the molecule is COc1ccc(-c2nc(N3CCN(C)CC3)nnc2-c2ccc(N(C)C)cc2)cc1. The van der Waals surface area contributed by atoms with Crippen molar-refractivity contribution in [1.82, 2.24) is 20.1 Å². The Bertz CT molecular complexity index is 980. The van der Waals surface area contributed by atoms with E-state index in [1.165, 1.54) is 0 Å². The number of rotatable bonds is 5. The van der Waals surface area contributed by atoms with Gasteiger partial charge in [-0.15, -0.1) is 10.2 Å². The lowest BCUT2D eigenvalue weighted by molar-refractivity contribution is 0.311. The lowest BCUT2D eigenvalue weighted by Crippen LogP contribution is -2.45. The van der Waals surface area contributed by atoms with Crippen LogP contribution in [-0.2, 0) is 0 Å². The zero-order chi connectivity index (χ0) is 21.1. The van der Waals surface area contributed by atoms with E-state index in [0.29, 0.717) is 5.95 Å². The molecule has 1 aromatic heterocycles. The van der Waals surface area contributed by atoms with Gasteiger partial charge in [-0.05, 0) is 43.4 Å². The zero-order valence-corrected chi connectivity index (χ0v) is 18.0. The molecular weight excluding hydrogens is 376 g/mol. The molecule has 7 nitrogen and oxygen atoms in total. The van der Waals surface area contributed by atoms with Gasteiger partial charge in [-0.3, -0.25) is 0 Å². The minimum Gasteiger partial charge on any atom is -0.497 e. The van der Waals surface area contributed by atoms with Gasteiger partial charge >= 0.3 is 0 Å². The van der Waals surface area contributed by atoms with Crippen LogP contribution in [0, 0.1) is 0 Å². The largest absolute Gasteiger partial charge is 0.497 e. The second-order valence-electron chi connectivity index (χ2n) is 7.77. The Morgan fingerprint density at radius 2 is 1.40 bits per heavy atom. The molecule has 0 aliphatic carbocycles. The van der Waals surface area contributed by atoms with Crippen molar-refractivity contribution in [3.63, 3.8) is 0 Å². The molecule has 0 bridgehead atoms. The summed E-state index contributed by atoms with van der Waals surface area (Å²) < 4.78 is 5.32. The number of hydrogen-bond donors (Lipinski definition) is 0. The van der Waals surface area contributed by atoms with Crippen molar-refractivity contribution in [1.29, 1.82) is 0 Å². The molecule has 0 radical (unpaired) electrons. The van der Waals surface area contributed by atoms with Crippen molar-refractivity contribution in [2.45, 2.75) is 0 Å². The van der Waals surface area contributed by atoms with Crippen molar-refractivity contribution >= 4 is 11.6 Å². The molecule has 1 aliphatic heterocycles. The van der Waals surface area contributed by atoms with Gasteiger partial charge in [0, 0.05) is 57.1 Å². The molecule has 0 atom stereocenters. The lowest BCUT2D eigenvalue weighted by atomic mass is 10.0. The van der Waals surface area contributed by atoms with Crippen molar-refractivity contribution < 1.29 is 4.74 Å². The summed E-state index contributed by atoms with van der Waals surface area (Å²) >= 11 is 0. The highest BCUT2D eigenvalue weighted by atomic mass is 16.5. The fraction of sp³-hybridized carbons (Fsp3) is 0.348. The highest BCUT2D eigenvalue weighted by Crippen LogP contribution is 2.31. The summed E-state index contributed by atoms with van der Waals surface area (Å²) in [5.41, 5.74) is 4.74. The van der Waals surface area contributed by atoms with Gasteiger partial charge in [-0.1, -0.05) is 12.1 Å². The van der Waals surface area contributed by atoms with E-state index in [-0.39, 0.29) is 0 Å². The Hall–Kier alpha value is -3.19. The highest BCUT2D eigenvalue weighted by molar-refractivity contribution is 5.79. The third kappa shape index (κ3) is 4.21. The molecule has 0 unspecified atom stereocenters. The first-order valence-electron chi connectivity index (χ1n) is 10.2. The quantitative estimate of drug-likeness (QED) is 0.648. The average molecular weight is 405 g/mol. The maximum Gasteiger partial charge on any atom is 0.246 e. The van der Waals surface area contributed by atoms with Gasteiger partial charge in [0.2, 0.25) is 5.95 Å². The van der Waals surface area contributed by atoms with Gasteiger partial charge in [0.25, 0.3) is 0 Å². The van der Waals surface area contributed by atoms with E-state index in [0.717, 1.165) is 60.1 Å².